The molecule has 1 aromatic rings. The molecular weight excluding hydrogens is 250 g/mol. The molecule has 0 radical (unpaired) electrons. The maximum absolute atomic E-state index is 12.3. The molecule has 1 saturated heterocycles. The van der Waals surface area contributed by atoms with Crippen LogP contribution in [0.5, 0.6) is 0 Å². The fraction of sp³-hybridized carbons (Fsp3) is 0.636. The van der Waals surface area contributed by atoms with Crippen LogP contribution >= 0.6 is 11.3 Å². The van der Waals surface area contributed by atoms with Crippen LogP contribution in [0, 0.1) is 0 Å². The van der Waals surface area contributed by atoms with Gasteiger partial charge in [0, 0.05) is 32.7 Å². The monoisotopic (exact) mass is 269 g/mol. The van der Waals surface area contributed by atoms with Gasteiger partial charge in [-0.1, -0.05) is 11.3 Å². The van der Waals surface area contributed by atoms with Crippen molar-refractivity contribution in [1.29, 1.82) is 0 Å². The lowest BCUT2D eigenvalue weighted by Gasteiger charge is -2.32. The van der Waals surface area contributed by atoms with Crippen LogP contribution < -0.4 is 11.1 Å². The molecule has 1 amide bonds. The molecule has 6 nitrogen and oxygen atoms in total. The molecule has 0 unspecified atom stereocenters. The van der Waals surface area contributed by atoms with Crippen molar-refractivity contribution in [3.8, 4) is 0 Å². The zero-order valence-electron chi connectivity index (χ0n) is 10.8. The number of nitrogens with two attached hydrogens (primary N) is 1. The number of nitrogens with one attached hydrogen (secondary N) is 1. The van der Waals surface area contributed by atoms with E-state index in [0.29, 0.717) is 15.8 Å². The van der Waals surface area contributed by atoms with Crippen LogP contribution in [0.15, 0.2) is 0 Å². The van der Waals surface area contributed by atoms with E-state index in [1.165, 1.54) is 11.3 Å². The molecule has 0 atom stereocenters. The molecule has 0 bridgehead atoms. The largest absolute Gasteiger partial charge is 0.382 e. The van der Waals surface area contributed by atoms with Crippen molar-refractivity contribution in [3.05, 3.63) is 4.88 Å². The van der Waals surface area contributed by atoms with E-state index < -0.39 is 0 Å². The first kappa shape index (κ1) is 13.1. The second kappa shape index (κ2) is 5.53. The summed E-state index contributed by atoms with van der Waals surface area (Å²) < 4.78 is 0. The molecule has 7 heteroatoms. The minimum atomic E-state index is 0.00209. The molecule has 1 aliphatic heterocycles. The van der Waals surface area contributed by atoms with Crippen molar-refractivity contribution < 1.29 is 4.79 Å². The topological polar surface area (TPSA) is 74.5 Å². The number of nitrogen functional groups attached to an aromatic ring is 1. The Kier molecular flexibility index (Phi) is 4.03. The lowest BCUT2D eigenvalue weighted by atomic mass is 10.3. The summed E-state index contributed by atoms with van der Waals surface area (Å²) in [6.07, 6.45) is 0. The smallest absolute Gasteiger partial charge is 0.267 e. The average molecular weight is 269 g/mol. The number of likely N-dealkylation sites (N-methyl/N-ethyl adjacent to an activating group) is 1. The summed E-state index contributed by atoms with van der Waals surface area (Å²) in [6.45, 7) is 6.08. The highest BCUT2D eigenvalue weighted by atomic mass is 32.1. The van der Waals surface area contributed by atoms with E-state index in [4.69, 9.17) is 5.73 Å². The van der Waals surface area contributed by atoms with Crippen LogP contribution in [-0.2, 0) is 0 Å². The minimum Gasteiger partial charge on any atom is -0.382 e. The summed E-state index contributed by atoms with van der Waals surface area (Å²) in [7, 11) is 2.06. The van der Waals surface area contributed by atoms with E-state index in [0.717, 1.165) is 32.7 Å². The summed E-state index contributed by atoms with van der Waals surface area (Å²) >= 11 is 1.33. The predicted octanol–water partition coefficient (Wildman–Crippen LogP) is 0.545. The summed E-state index contributed by atoms with van der Waals surface area (Å²) in [4.78, 5) is 21.1. The molecule has 0 saturated carbocycles. The van der Waals surface area contributed by atoms with Gasteiger partial charge in [0.05, 0.1) is 0 Å². The Hall–Kier alpha value is -1.34. The number of anilines is 2. The third-order valence-electron chi connectivity index (χ3n) is 2.97. The molecule has 0 spiro atoms. The third-order valence-corrected chi connectivity index (χ3v) is 3.98. The molecule has 1 fully saturated rings. The predicted molar refractivity (Wildman–Crippen MR) is 74.1 cm³/mol. The number of rotatable bonds is 3. The minimum absolute atomic E-state index is 0.00209. The van der Waals surface area contributed by atoms with E-state index in [9.17, 15) is 4.79 Å². The molecule has 0 aliphatic carbocycles. The Bertz CT molecular complexity index is 425. The zero-order chi connectivity index (χ0) is 13.1. The van der Waals surface area contributed by atoms with Crippen molar-refractivity contribution >= 4 is 28.2 Å². The van der Waals surface area contributed by atoms with E-state index in [2.05, 4.69) is 22.2 Å². The molecular formula is C11H19N5OS. The highest BCUT2D eigenvalue weighted by Crippen LogP contribution is 2.26. The number of aromatic nitrogens is 1. The Morgan fingerprint density at radius 2 is 2.11 bits per heavy atom. The standard InChI is InChI=1S/C11H19N5OS/c1-3-13-11-14-9(12)8(18-11)10(17)16-6-4-15(2)5-7-16/h3-7,12H2,1-2H3,(H,13,14). The van der Waals surface area contributed by atoms with E-state index in [-0.39, 0.29) is 5.91 Å². The first-order valence-corrected chi connectivity index (χ1v) is 6.91. The van der Waals surface area contributed by atoms with Gasteiger partial charge >= 0.3 is 0 Å². The van der Waals surface area contributed by atoms with Crippen molar-refractivity contribution in [2.45, 2.75) is 6.92 Å². The second-order valence-electron chi connectivity index (χ2n) is 4.36. The summed E-state index contributed by atoms with van der Waals surface area (Å²) in [5.41, 5.74) is 5.81. The van der Waals surface area contributed by atoms with Gasteiger partial charge in [-0.15, -0.1) is 0 Å². The van der Waals surface area contributed by atoms with Gasteiger partial charge in [-0.05, 0) is 14.0 Å². The lowest BCUT2D eigenvalue weighted by Crippen LogP contribution is -2.47. The molecule has 2 rings (SSSR count). The van der Waals surface area contributed by atoms with Crippen LogP contribution in [0.3, 0.4) is 0 Å². The molecule has 100 valence electrons. The molecule has 2 heterocycles. The maximum atomic E-state index is 12.3. The number of carbonyl (C=O) groups is 1. The van der Waals surface area contributed by atoms with Crippen molar-refractivity contribution in [2.75, 3.05) is 50.8 Å². The Balaban J connectivity index is 2.08. The lowest BCUT2D eigenvalue weighted by molar-refractivity contribution is 0.0670. The molecule has 1 aliphatic rings. The third kappa shape index (κ3) is 2.73. The van der Waals surface area contributed by atoms with Gasteiger partial charge in [-0.2, -0.15) is 0 Å². The fourth-order valence-electron chi connectivity index (χ4n) is 1.87. The van der Waals surface area contributed by atoms with Crippen LogP contribution in [0.1, 0.15) is 16.6 Å². The average Bonchev–Trinajstić information content (AvgIpc) is 2.71. The van der Waals surface area contributed by atoms with E-state index in [1.807, 2.05) is 11.8 Å². The number of nitrogens with zero attached hydrogens (tertiary/aromatic N) is 3. The Morgan fingerprint density at radius 1 is 1.44 bits per heavy atom. The van der Waals surface area contributed by atoms with Crippen molar-refractivity contribution in [2.24, 2.45) is 0 Å². The summed E-state index contributed by atoms with van der Waals surface area (Å²) in [6, 6.07) is 0. The number of piperazine rings is 1. The number of thiazole rings is 1. The molecule has 3 N–H and O–H groups in total. The number of hydrogen-bond donors (Lipinski definition) is 2. The summed E-state index contributed by atoms with van der Waals surface area (Å²) in [5.74, 6) is 0.335. The molecule has 18 heavy (non-hydrogen) atoms. The second-order valence-corrected chi connectivity index (χ2v) is 5.36. The van der Waals surface area contributed by atoms with Gasteiger partial charge in [0.1, 0.15) is 10.7 Å². The van der Waals surface area contributed by atoms with Gasteiger partial charge < -0.3 is 20.9 Å². The van der Waals surface area contributed by atoms with Crippen molar-refractivity contribution in [1.82, 2.24) is 14.8 Å². The highest BCUT2D eigenvalue weighted by molar-refractivity contribution is 7.18. The summed E-state index contributed by atoms with van der Waals surface area (Å²) in [5, 5.41) is 3.80. The first-order chi connectivity index (χ1) is 8.61. The maximum Gasteiger partial charge on any atom is 0.267 e. The molecule has 1 aromatic heterocycles. The number of amides is 1. The Labute approximate surface area is 111 Å². The van der Waals surface area contributed by atoms with Crippen LogP contribution in [-0.4, -0.2) is 60.5 Å². The van der Waals surface area contributed by atoms with Crippen molar-refractivity contribution in [3.63, 3.8) is 0 Å². The number of hydrogen-bond acceptors (Lipinski definition) is 6. The van der Waals surface area contributed by atoms with E-state index in [1.54, 1.807) is 0 Å². The number of carbonyl (C=O) groups excluding carboxylic acids is 1. The van der Waals surface area contributed by atoms with E-state index >= 15 is 0 Å². The SMILES string of the molecule is CCNc1nc(N)c(C(=O)N2CCN(C)CC2)s1. The zero-order valence-corrected chi connectivity index (χ0v) is 11.6. The first-order valence-electron chi connectivity index (χ1n) is 6.09. The van der Waals surface area contributed by atoms with Crippen LogP contribution in [0.4, 0.5) is 10.9 Å². The van der Waals surface area contributed by atoms with Gasteiger partial charge in [-0.25, -0.2) is 4.98 Å². The highest BCUT2D eigenvalue weighted by Gasteiger charge is 2.24. The van der Waals surface area contributed by atoms with Crippen LogP contribution in [0.25, 0.3) is 0 Å². The van der Waals surface area contributed by atoms with Gasteiger partial charge in [0.2, 0.25) is 0 Å². The van der Waals surface area contributed by atoms with Gasteiger partial charge in [0.15, 0.2) is 5.13 Å². The molecule has 0 aromatic carbocycles. The van der Waals surface area contributed by atoms with Crippen LogP contribution in [0.2, 0.25) is 0 Å². The Morgan fingerprint density at radius 3 is 2.72 bits per heavy atom. The normalized spacial score (nSPS) is 16.9. The fourth-order valence-corrected chi connectivity index (χ4v) is 2.79. The van der Waals surface area contributed by atoms with Gasteiger partial charge in [-0.3, -0.25) is 4.79 Å². The quantitative estimate of drug-likeness (QED) is 0.838. The van der Waals surface area contributed by atoms with Gasteiger partial charge in [0.25, 0.3) is 5.91 Å².